The first kappa shape index (κ1) is 17.8. The van der Waals surface area contributed by atoms with Crippen molar-refractivity contribution in [3.63, 3.8) is 0 Å². The van der Waals surface area contributed by atoms with Crippen LogP contribution in [0.4, 0.5) is 0 Å². The van der Waals surface area contributed by atoms with Gasteiger partial charge in [0.1, 0.15) is 6.54 Å². The van der Waals surface area contributed by atoms with Crippen molar-refractivity contribution in [2.45, 2.75) is 39.9 Å². The van der Waals surface area contributed by atoms with E-state index in [4.69, 9.17) is 0 Å². The molecule has 1 unspecified atom stereocenters. The van der Waals surface area contributed by atoms with Crippen LogP contribution in [-0.4, -0.2) is 31.3 Å². The number of amides is 1. The van der Waals surface area contributed by atoms with Crippen LogP contribution in [0.2, 0.25) is 0 Å². The van der Waals surface area contributed by atoms with Gasteiger partial charge in [-0.3, -0.25) is 9.59 Å². The Morgan fingerprint density at radius 1 is 1.27 bits per heavy atom. The van der Waals surface area contributed by atoms with Gasteiger partial charge in [0.05, 0.1) is 24.0 Å². The molecule has 0 fully saturated rings. The molecule has 1 atom stereocenters. The molecule has 1 aromatic carbocycles. The molecule has 0 saturated heterocycles. The van der Waals surface area contributed by atoms with Crippen LogP contribution in [0.25, 0.3) is 10.8 Å². The van der Waals surface area contributed by atoms with Crippen LogP contribution in [0.3, 0.4) is 0 Å². The molecule has 0 aliphatic rings. The summed E-state index contributed by atoms with van der Waals surface area (Å²) in [5, 5.41) is 8.47. The van der Waals surface area contributed by atoms with E-state index in [9.17, 15) is 9.59 Å². The van der Waals surface area contributed by atoms with Gasteiger partial charge in [-0.2, -0.15) is 5.10 Å². The van der Waals surface area contributed by atoms with E-state index >= 15 is 0 Å². The SMILES string of the molecule is CC(C)(C)C(Cn1ccnc1)NC(=O)Cn1ncc2ccccc2c1=O. The molecule has 7 heteroatoms. The van der Waals surface area contributed by atoms with Crippen LogP contribution >= 0.6 is 0 Å². The van der Waals surface area contributed by atoms with Gasteiger partial charge in [-0.1, -0.05) is 39.0 Å². The molecule has 2 heterocycles. The van der Waals surface area contributed by atoms with E-state index in [1.165, 1.54) is 4.68 Å². The Morgan fingerprint density at radius 2 is 2.04 bits per heavy atom. The van der Waals surface area contributed by atoms with Crippen molar-refractivity contribution >= 4 is 16.7 Å². The largest absolute Gasteiger partial charge is 0.349 e. The third kappa shape index (κ3) is 3.99. The van der Waals surface area contributed by atoms with Gasteiger partial charge in [0.25, 0.3) is 5.56 Å². The Hall–Kier alpha value is -2.96. The monoisotopic (exact) mass is 353 g/mol. The van der Waals surface area contributed by atoms with Crippen molar-refractivity contribution in [2.75, 3.05) is 0 Å². The number of hydrogen-bond donors (Lipinski definition) is 1. The predicted molar refractivity (Wildman–Crippen MR) is 99.6 cm³/mol. The minimum absolute atomic E-state index is 0.111. The Labute approximate surface area is 151 Å². The molecule has 1 N–H and O–H groups in total. The molecule has 0 bridgehead atoms. The van der Waals surface area contributed by atoms with Crippen LogP contribution in [0.15, 0.2) is 54.0 Å². The second-order valence-corrected chi connectivity index (χ2v) is 7.44. The summed E-state index contributed by atoms with van der Waals surface area (Å²) in [5.41, 5.74) is -0.415. The van der Waals surface area contributed by atoms with Crippen molar-refractivity contribution < 1.29 is 4.79 Å². The van der Waals surface area contributed by atoms with Gasteiger partial charge in [-0.25, -0.2) is 9.67 Å². The zero-order valence-electron chi connectivity index (χ0n) is 15.2. The number of aromatic nitrogens is 4. The molecule has 3 rings (SSSR count). The number of rotatable bonds is 5. The fourth-order valence-electron chi connectivity index (χ4n) is 2.76. The summed E-state index contributed by atoms with van der Waals surface area (Å²) in [6.07, 6.45) is 6.90. The summed E-state index contributed by atoms with van der Waals surface area (Å²) in [5.74, 6) is -0.241. The topological polar surface area (TPSA) is 81.8 Å². The highest BCUT2D eigenvalue weighted by Crippen LogP contribution is 2.20. The van der Waals surface area contributed by atoms with Gasteiger partial charge >= 0.3 is 0 Å². The number of carbonyl (C=O) groups excluding carboxylic acids is 1. The van der Waals surface area contributed by atoms with Crippen LogP contribution in [0, 0.1) is 5.41 Å². The fraction of sp³-hybridized carbons (Fsp3) is 0.368. The summed E-state index contributed by atoms with van der Waals surface area (Å²) >= 11 is 0. The van der Waals surface area contributed by atoms with Gasteiger partial charge in [-0.05, 0) is 11.5 Å². The number of imidazole rings is 1. The van der Waals surface area contributed by atoms with E-state index in [2.05, 4.69) is 36.2 Å². The molecule has 1 amide bonds. The quantitative estimate of drug-likeness (QED) is 0.759. The van der Waals surface area contributed by atoms with Gasteiger partial charge < -0.3 is 9.88 Å². The average molecular weight is 353 g/mol. The van der Waals surface area contributed by atoms with E-state index < -0.39 is 0 Å². The Kier molecular flexibility index (Phi) is 4.88. The zero-order chi connectivity index (χ0) is 18.7. The second kappa shape index (κ2) is 7.11. The molecule has 0 spiro atoms. The van der Waals surface area contributed by atoms with Crippen molar-refractivity contribution in [3.05, 3.63) is 59.5 Å². The first-order valence-corrected chi connectivity index (χ1v) is 8.54. The third-order valence-corrected chi connectivity index (χ3v) is 4.39. The Balaban J connectivity index is 1.76. The first-order chi connectivity index (χ1) is 12.3. The van der Waals surface area contributed by atoms with E-state index in [0.717, 1.165) is 5.39 Å². The number of benzene rings is 1. The van der Waals surface area contributed by atoms with E-state index in [1.807, 2.05) is 22.9 Å². The molecule has 136 valence electrons. The highest BCUT2D eigenvalue weighted by molar-refractivity contribution is 5.81. The molecule has 3 aromatic rings. The maximum atomic E-state index is 12.6. The van der Waals surface area contributed by atoms with E-state index in [0.29, 0.717) is 11.9 Å². The van der Waals surface area contributed by atoms with E-state index in [1.54, 1.807) is 30.9 Å². The number of nitrogens with one attached hydrogen (secondary N) is 1. The van der Waals surface area contributed by atoms with Gasteiger partial charge in [-0.15, -0.1) is 0 Å². The molecule has 0 saturated carbocycles. The van der Waals surface area contributed by atoms with Gasteiger partial charge in [0.15, 0.2) is 0 Å². The number of carbonyl (C=O) groups is 1. The Bertz CT molecular complexity index is 954. The van der Waals surface area contributed by atoms with Crippen molar-refractivity contribution in [1.29, 1.82) is 0 Å². The average Bonchev–Trinajstić information content (AvgIpc) is 3.09. The Morgan fingerprint density at radius 3 is 2.73 bits per heavy atom. The lowest BCUT2D eigenvalue weighted by molar-refractivity contribution is -0.123. The molecule has 2 aromatic heterocycles. The maximum absolute atomic E-state index is 12.6. The summed E-state index contributed by atoms with van der Waals surface area (Å²) in [6, 6.07) is 7.11. The summed E-state index contributed by atoms with van der Waals surface area (Å²) in [6.45, 7) is 6.69. The van der Waals surface area contributed by atoms with Crippen LogP contribution in [0.1, 0.15) is 20.8 Å². The second-order valence-electron chi connectivity index (χ2n) is 7.44. The standard InChI is InChI=1S/C19H23N5O2/c1-19(2,3)16(11-23-9-8-20-13-23)22-17(25)12-24-18(26)15-7-5-4-6-14(15)10-21-24/h4-10,13,16H,11-12H2,1-3H3,(H,22,25). The first-order valence-electron chi connectivity index (χ1n) is 8.54. The van der Waals surface area contributed by atoms with Crippen LogP contribution in [-0.2, 0) is 17.9 Å². The number of fused-ring (bicyclic) bond motifs is 1. The molecule has 7 nitrogen and oxygen atoms in total. The maximum Gasteiger partial charge on any atom is 0.275 e. The van der Waals surface area contributed by atoms with Crippen molar-refractivity contribution in [1.82, 2.24) is 24.6 Å². The highest BCUT2D eigenvalue weighted by atomic mass is 16.2. The zero-order valence-corrected chi connectivity index (χ0v) is 15.2. The minimum Gasteiger partial charge on any atom is -0.349 e. The van der Waals surface area contributed by atoms with E-state index in [-0.39, 0.29) is 29.5 Å². The third-order valence-electron chi connectivity index (χ3n) is 4.39. The van der Waals surface area contributed by atoms with Gasteiger partial charge in [0, 0.05) is 24.3 Å². The molecule has 26 heavy (non-hydrogen) atoms. The molecular weight excluding hydrogens is 330 g/mol. The smallest absolute Gasteiger partial charge is 0.275 e. The molecule has 0 aliphatic heterocycles. The fourth-order valence-corrected chi connectivity index (χ4v) is 2.76. The molecule has 0 radical (unpaired) electrons. The number of hydrogen-bond acceptors (Lipinski definition) is 4. The van der Waals surface area contributed by atoms with Crippen molar-refractivity contribution in [3.8, 4) is 0 Å². The molecular formula is C19H23N5O2. The molecule has 0 aliphatic carbocycles. The highest BCUT2D eigenvalue weighted by Gasteiger charge is 2.26. The van der Waals surface area contributed by atoms with Crippen molar-refractivity contribution in [2.24, 2.45) is 5.41 Å². The summed E-state index contributed by atoms with van der Waals surface area (Å²) in [7, 11) is 0. The summed E-state index contributed by atoms with van der Waals surface area (Å²) < 4.78 is 3.13. The normalized spacial score (nSPS) is 12.9. The lowest BCUT2D eigenvalue weighted by atomic mass is 9.86. The lowest BCUT2D eigenvalue weighted by Gasteiger charge is -2.31. The number of nitrogens with zero attached hydrogens (tertiary/aromatic N) is 4. The van der Waals surface area contributed by atoms with Crippen LogP contribution in [0.5, 0.6) is 0 Å². The minimum atomic E-state index is -0.264. The van der Waals surface area contributed by atoms with Gasteiger partial charge in [0.2, 0.25) is 5.91 Å². The lowest BCUT2D eigenvalue weighted by Crippen LogP contribution is -2.48. The summed E-state index contributed by atoms with van der Waals surface area (Å²) in [4.78, 5) is 29.1. The van der Waals surface area contributed by atoms with Crippen LogP contribution < -0.4 is 10.9 Å². The predicted octanol–water partition coefficient (Wildman–Crippen LogP) is 1.82.